The number of hydrogen-bond acceptors (Lipinski definition) is 6. The lowest BCUT2D eigenvalue weighted by molar-refractivity contribution is -0.424. The minimum Gasteiger partial charge on any atom is -0.358 e. The number of carbonyl (C=O) groups excluding carboxylic acids is 1. The maximum Gasteiger partial charge on any atom is 0.468 e. The van der Waals surface area contributed by atoms with Crippen LogP contribution in [0, 0.1) is 27.2 Å². The van der Waals surface area contributed by atoms with Crippen molar-refractivity contribution >= 4 is 17.4 Å². The van der Waals surface area contributed by atoms with Gasteiger partial charge in [0.05, 0.1) is 16.1 Å². The van der Waals surface area contributed by atoms with Gasteiger partial charge in [-0.25, -0.2) is 0 Å². The third kappa shape index (κ3) is 4.13. The third-order valence-corrected chi connectivity index (χ3v) is 4.46. The Labute approximate surface area is 164 Å². The van der Waals surface area contributed by atoms with Crippen LogP contribution in [0.1, 0.15) is 24.2 Å². The lowest BCUT2D eigenvalue weighted by atomic mass is 10.1. The SMILES string of the molecule is Cc1c([N+](=O)[O-])c([N+](=O)[O-])nn1CC(=O)NC(C)c1cccc(-n2cccc2)c1. The van der Waals surface area contributed by atoms with Crippen molar-refractivity contribution in [2.45, 2.75) is 26.4 Å². The Bertz CT molecular complexity index is 1070. The van der Waals surface area contributed by atoms with E-state index < -0.39 is 27.3 Å². The Balaban J connectivity index is 1.75. The van der Waals surface area contributed by atoms with Crippen LogP contribution in [0.15, 0.2) is 48.8 Å². The van der Waals surface area contributed by atoms with Gasteiger partial charge < -0.3 is 20.0 Å². The zero-order valence-corrected chi connectivity index (χ0v) is 15.7. The molecule has 11 nitrogen and oxygen atoms in total. The van der Waals surface area contributed by atoms with E-state index in [1.807, 2.05) is 53.4 Å². The lowest BCUT2D eigenvalue weighted by Crippen LogP contribution is -2.30. The van der Waals surface area contributed by atoms with Gasteiger partial charge in [0.25, 0.3) is 0 Å². The maximum absolute atomic E-state index is 12.4. The molecule has 2 aromatic heterocycles. The zero-order valence-electron chi connectivity index (χ0n) is 15.7. The zero-order chi connectivity index (χ0) is 21.1. The van der Waals surface area contributed by atoms with Crippen LogP contribution < -0.4 is 5.32 Å². The van der Waals surface area contributed by atoms with E-state index in [0.717, 1.165) is 15.9 Å². The normalized spacial score (nSPS) is 11.8. The van der Waals surface area contributed by atoms with Crippen molar-refractivity contribution in [3.05, 3.63) is 80.3 Å². The van der Waals surface area contributed by atoms with E-state index in [1.54, 1.807) is 6.92 Å². The number of rotatable bonds is 7. The van der Waals surface area contributed by atoms with Crippen LogP contribution in [0.5, 0.6) is 0 Å². The van der Waals surface area contributed by atoms with Gasteiger partial charge in [-0.15, -0.1) is 0 Å². The first kappa shape index (κ1) is 19.7. The van der Waals surface area contributed by atoms with Crippen LogP contribution in [-0.4, -0.2) is 30.1 Å². The number of benzene rings is 1. The number of amides is 1. The maximum atomic E-state index is 12.4. The van der Waals surface area contributed by atoms with Crippen LogP contribution in [0.25, 0.3) is 5.69 Å². The second-order valence-corrected chi connectivity index (χ2v) is 6.40. The monoisotopic (exact) mass is 398 g/mol. The first-order valence-corrected chi connectivity index (χ1v) is 8.66. The Morgan fingerprint density at radius 2 is 1.86 bits per heavy atom. The largest absolute Gasteiger partial charge is 0.468 e. The predicted molar refractivity (Wildman–Crippen MR) is 103 cm³/mol. The van der Waals surface area contributed by atoms with E-state index in [-0.39, 0.29) is 18.3 Å². The van der Waals surface area contributed by atoms with Crippen LogP contribution in [0.3, 0.4) is 0 Å². The second kappa shape index (κ2) is 7.92. The van der Waals surface area contributed by atoms with Gasteiger partial charge in [0.15, 0.2) is 0 Å². The summed E-state index contributed by atoms with van der Waals surface area (Å²) < 4.78 is 2.90. The number of hydrogen-bond donors (Lipinski definition) is 1. The Morgan fingerprint density at radius 3 is 2.45 bits per heavy atom. The molecular weight excluding hydrogens is 380 g/mol. The third-order valence-electron chi connectivity index (χ3n) is 4.46. The Morgan fingerprint density at radius 1 is 1.17 bits per heavy atom. The van der Waals surface area contributed by atoms with E-state index in [9.17, 15) is 25.0 Å². The van der Waals surface area contributed by atoms with Crippen molar-refractivity contribution in [1.82, 2.24) is 19.7 Å². The molecule has 11 heteroatoms. The fourth-order valence-electron chi connectivity index (χ4n) is 2.98. The number of nitro groups is 2. The molecule has 150 valence electrons. The van der Waals surface area contributed by atoms with E-state index >= 15 is 0 Å². The quantitative estimate of drug-likeness (QED) is 0.479. The summed E-state index contributed by atoms with van der Waals surface area (Å²) in [5, 5.41) is 28.5. The highest BCUT2D eigenvalue weighted by atomic mass is 16.6. The van der Waals surface area contributed by atoms with Crippen molar-refractivity contribution in [3.63, 3.8) is 0 Å². The summed E-state index contributed by atoms with van der Waals surface area (Å²) in [5.74, 6) is -1.35. The standard InChI is InChI=1S/C18H18N6O5/c1-12(14-6-5-7-15(10-14)21-8-3-4-9-21)19-16(25)11-22-13(2)17(23(26)27)18(20-22)24(28)29/h3-10,12H,11H2,1-2H3,(H,19,25). The first-order valence-electron chi connectivity index (χ1n) is 8.66. The molecule has 2 heterocycles. The van der Waals surface area contributed by atoms with Crippen molar-refractivity contribution in [2.75, 3.05) is 0 Å². The molecule has 0 aliphatic heterocycles. The predicted octanol–water partition coefficient (Wildman–Crippen LogP) is 2.68. The van der Waals surface area contributed by atoms with Gasteiger partial charge >= 0.3 is 11.5 Å². The van der Waals surface area contributed by atoms with Crippen molar-refractivity contribution in [2.24, 2.45) is 0 Å². The van der Waals surface area contributed by atoms with Crippen LogP contribution in [-0.2, 0) is 11.3 Å². The van der Waals surface area contributed by atoms with Gasteiger partial charge in [0, 0.05) is 18.1 Å². The molecule has 0 saturated carbocycles. The van der Waals surface area contributed by atoms with Gasteiger partial charge in [0.2, 0.25) is 5.91 Å². The molecule has 0 bridgehead atoms. The molecule has 0 fully saturated rings. The molecule has 29 heavy (non-hydrogen) atoms. The number of nitrogens with zero attached hydrogens (tertiary/aromatic N) is 5. The highest BCUT2D eigenvalue weighted by Crippen LogP contribution is 2.29. The fourth-order valence-corrected chi connectivity index (χ4v) is 2.98. The molecule has 1 unspecified atom stereocenters. The van der Waals surface area contributed by atoms with Crippen LogP contribution in [0.4, 0.5) is 11.5 Å². The van der Waals surface area contributed by atoms with E-state index in [2.05, 4.69) is 10.4 Å². The summed E-state index contributed by atoms with van der Waals surface area (Å²) in [5.41, 5.74) is 1.02. The molecule has 1 amide bonds. The fraction of sp³-hybridized carbons (Fsp3) is 0.222. The van der Waals surface area contributed by atoms with Crippen molar-refractivity contribution in [1.29, 1.82) is 0 Å². The van der Waals surface area contributed by atoms with E-state index in [4.69, 9.17) is 0 Å². The molecule has 1 N–H and O–H groups in total. The molecule has 1 atom stereocenters. The highest BCUT2D eigenvalue weighted by molar-refractivity contribution is 5.76. The van der Waals surface area contributed by atoms with E-state index in [0.29, 0.717) is 0 Å². The van der Waals surface area contributed by atoms with Crippen LogP contribution in [0.2, 0.25) is 0 Å². The number of nitrogens with one attached hydrogen (secondary N) is 1. The van der Waals surface area contributed by atoms with Gasteiger partial charge in [0.1, 0.15) is 12.2 Å². The summed E-state index contributed by atoms with van der Waals surface area (Å²) in [6.45, 7) is 2.74. The van der Waals surface area contributed by atoms with E-state index in [1.165, 1.54) is 6.92 Å². The molecule has 0 radical (unpaired) electrons. The molecule has 3 rings (SSSR count). The molecular formula is C18H18N6O5. The molecule has 0 aliphatic rings. The number of carbonyl (C=O) groups is 1. The van der Waals surface area contributed by atoms with Crippen molar-refractivity contribution in [3.8, 4) is 5.69 Å². The smallest absolute Gasteiger partial charge is 0.358 e. The highest BCUT2D eigenvalue weighted by Gasteiger charge is 2.35. The molecule has 1 aromatic carbocycles. The molecule has 0 spiro atoms. The number of aromatic nitrogens is 3. The summed E-state index contributed by atoms with van der Waals surface area (Å²) in [6.07, 6.45) is 3.81. The van der Waals surface area contributed by atoms with Gasteiger partial charge in [-0.1, -0.05) is 12.1 Å². The Hall–Kier alpha value is -4.02. The summed E-state index contributed by atoms with van der Waals surface area (Å²) >= 11 is 0. The molecule has 0 saturated heterocycles. The minimum absolute atomic E-state index is 0.0564. The average molecular weight is 398 g/mol. The minimum atomic E-state index is -0.936. The van der Waals surface area contributed by atoms with Gasteiger partial charge in [-0.3, -0.25) is 14.9 Å². The summed E-state index contributed by atoms with van der Waals surface area (Å²) in [6, 6.07) is 11.1. The topological polar surface area (TPSA) is 138 Å². The lowest BCUT2D eigenvalue weighted by Gasteiger charge is -2.15. The van der Waals surface area contributed by atoms with Crippen molar-refractivity contribution < 1.29 is 14.6 Å². The Kier molecular flexibility index (Phi) is 5.39. The summed E-state index contributed by atoms with van der Waals surface area (Å²) in [4.78, 5) is 32.7. The average Bonchev–Trinajstić information content (AvgIpc) is 3.30. The molecule has 3 aromatic rings. The molecule has 0 aliphatic carbocycles. The van der Waals surface area contributed by atoms with Crippen LogP contribution >= 0.6 is 0 Å². The summed E-state index contributed by atoms with van der Waals surface area (Å²) in [7, 11) is 0. The first-order chi connectivity index (χ1) is 13.8. The second-order valence-electron chi connectivity index (χ2n) is 6.40. The van der Waals surface area contributed by atoms with Gasteiger partial charge in [-0.05, 0) is 48.6 Å². The van der Waals surface area contributed by atoms with Gasteiger partial charge in [-0.2, -0.15) is 4.68 Å².